The van der Waals surface area contributed by atoms with Gasteiger partial charge in [-0.1, -0.05) is 11.8 Å². The van der Waals surface area contributed by atoms with E-state index in [0.717, 1.165) is 42.1 Å². The lowest BCUT2D eigenvalue weighted by Crippen LogP contribution is -2.32. The summed E-state index contributed by atoms with van der Waals surface area (Å²) in [4.78, 5) is 17.2. The monoisotopic (exact) mass is 424 g/mol. The Morgan fingerprint density at radius 1 is 1.33 bits per heavy atom. The van der Waals surface area contributed by atoms with Crippen LogP contribution in [0.2, 0.25) is 0 Å². The molecule has 4 heterocycles. The van der Waals surface area contributed by atoms with Crippen LogP contribution in [0.1, 0.15) is 36.8 Å². The molecule has 0 saturated heterocycles. The van der Waals surface area contributed by atoms with Crippen LogP contribution in [-0.2, 0) is 4.79 Å². The minimum atomic E-state index is -0.263. The predicted octanol–water partition coefficient (Wildman–Crippen LogP) is 3.49. The maximum atomic E-state index is 13.1. The van der Waals surface area contributed by atoms with Crippen LogP contribution in [0.15, 0.2) is 61.5 Å². The summed E-state index contributed by atoms with van der Waals surface area (Å²) in [6.45, 7) is 0. The van der Waals surface area contributed by atoms with Crippen LogP contribution in [0.3, 0.4) is 0 Å². The second kappa shape index (κ2) is 7.86. The number of hydrazone groups is 1. The number of aromatic nitrogens is 3. The van der Waals surface area contributed by atoms with Crippen molar-refractivity contribution in [3.63, 3.8) is 0 Å². The number of rotatable bonds is 5. The first-order valence-electron chi connectivity index (χ1n) is 9.68. The molecular weight excluding hydrogens is 404 g/mol. The molecule has 2 unspecified atom stereocenters. The number of amides is 1. The number of H-pyrrole nitrogens is 1. The van der Waals surface area contributed by atoms with Gasteiger partial charge < -0.3 is 14.6 Å². The van der Waals surface area contributed by atoms with Gasteiger partial charge in [0.25, 0.3) is 5.91 Å². The van der Waals surface area contributed by atoms with E-state index in [1.807, 2.05) is 30.3 Å². The Balaban J connectivity index is 1.44. The minimum Gasteiger partial charge on any atom is -0.467 e. The Kier molecular flexibility index (Phi) is 4.91. The highest BCUT2D eigenvalue weighted by Crippen LogP contribution is 2.44. The summed E-state index contributed by atoms with van der Waals surface area (Å²) in [5, 5.41) is 13.3. The fourth-order valence-electron chi connectivity index (χ4n) is 4.01. The van der Waals surface area contributed by atoms with E-state index >= 15 is 0 Å². The molecule has 1 fully saturated rings. The third-order valence-electron chi connectivity index (χ3n) is 5.26. The van der Waals surface area contributed by atoms with Crippen LogP contribution in [-0.4, -0.2) is 37.6 Å². The van der Waals surface area contributed by atoms with Gasteiger partial charge in [0.1, 0.15) is 17.6 Å². The van der Waals surface area contributed by atoms with E-state index in [1.54, 1.807) is 17.5 Å². The zero-order valence-corrected chi connectivity index (χ0v) is 16.8. The third kappa shape index (κ3) is 3.54. The number of fused-ring (bicyclic) bond motifs is 1. The van der Waals surface area contributed by atoms with Gasteiger partial charge in [0.2, 0.25) is 11.1 Å². The van der Waals surface area contributed by atoms with Crippen molar-refractivity contribution < 1.29 is 13.6 Å². The van der Waals surface area contributed by atoms with Crippen molar-refractivity contribution in [2.45, 2.75) is 30.5 Å². The standard InChI is InChI=1S/C20H20N6O3S/c21-19-22-20(24-23-19)30-11-16(27)26-18(15-7-3-9-29-15)14-6-1-4-12(17(14)25-26)10-13-5-2-8-28-13/h2-3,5,7-10,14,18H,1,4,6,11H2,(H3,21,22,23,24)/b12-10+. The average molecular weight is 424 g/mol. The lowest BCUT2D eigenvalue weighted by Gasteiger charge is -2.27. The van der Waals surface area contributed by atoms with Crippen LogP contribution < -0.4 is 5.73 Å². The molecule has 3 N–H and O–H groups in total. The molecule has 1 aliphatic carbocycles. The Morgan fingerprint density at radius 3 is 2.93 bits per heavy atom. The SMILES string of the molecule is Nc1nc(SCC(=O)N2N=C3/C(=C/c4ccco4)CCCC3C2c2ccco2)n[nH]1. The van der Waals surface area contributed by atoms with Crippen molar-refractivity contribution in [3.8, 4) is 0 Å². The lowest BCUT2D eigenvalue weighted by molar-refractivity contribution is -0.131. The molecule has 1 amide bonds. The summed E-state index contributed by atoms with van der Waals surface area (Å²) >= 11 is 1.22. The van der Waals surface area contributed by atoms with Crippen molar-refractivity contribution in [2.75, 3.05) is 11.5 Å². The quantitative estimate of drug-likeness (QED) is 0.600. The Labute approximate surface area is 176 Å². The van der Waals surface area contributed by atoms with Gasteiger partial charge in [0, 0.05) is 5.92 Å². The Bertz CT molecular complexity index is 1090. The fraction of sp³-hybridized carbons (Fsp3) is 0.300. The maximum Gasteiger partial charge on any atom is 0.253 e. The number of nitrogens with one attached hydrogen (secondary N) is 1. The molecule has 3 aromatic heterocycles. The number of nitrogen functional groups attached to an aromatic ring is 1. The number of nitrogens with two attached hydrogens (primary N) is 1. The predicted molar refractivity (Wildman–Crippen MR) is 111 cm³/mol. The summed E-state index contributed by atoms with van der Waals surface area (Å²) < 4.78 is 11.2. The van der Waals surface area contributed by atoms with Crippen molar-refractivity contribution in [1.29, 1.82) is 0 Å². The number of hydrogen-bond acceptors (Lipinski definition) is 8. The van der Waals surface area contributed by atoms with Gasteiger partial charge in [-0.2, -0.15) is 10.1 Å². The molecule has 30 heavy (non-hydrogen) atoms. The van der Waals surface area contributed by atoms with Gasteiger partial charge in [-0.15, -0.1) is 5.10 Å². The molecule has 154 valence electrons. The highest BCUT2D eigenvalue weighted by Gasteiger charge is 2.45. The van der Waals surface area contributed by atoms with Gasteiger partial charge in [-0.25, -0.2) is 10.1 Å². The molecule has 3 aromatic rings. The smallest absolute Gasteiger partial charge is 0.253 e. The lowest BCUT2D eigenvalue weighted by atomic mass is 9.79. The maximum absolute atomic E-state index is 13.1. The topological polar surface area (TPSA) is 127 Å². The normalized spacial score (nSPS) is 22.3. The van der Waals surface area contributed by atoms with E-state index in [9.17, 15) is 4.79 Å². The zero-order valence-electron chi connectivity index (χ0n) is 16.0. The number of carbonyl (C=O) groups is 1. The van der Waals surface area contributed by atoms with Crippen LogP contribution in [0.4, 0.5) is 5.95 Å². The number of carbonyl (C=O) groups excluding carboxylic acids is 1. The van der Waals surface area contributed by atoms with Crippen LogP contribution in [0.5, 0.6) is 0 Å². The number of nitrogens with zero attached hydrogens (tertiary/aromatic N) is 4. The first-order valence-corrected chi connectivity index (χ1v) is 10.7. The van der Waals surface area contributed by atoms with E-state index in [1.165, 1.54) is 11.8 Å². The van der Waals surface area contributed by atoms with E-state index in [4.69, 9.17) is 19.7 Å². The Morgan fingerprint density at radius 2 is 2.20 bits per heavy atom. The van der Waals surface area contributed by atoms with E-state index < -0.39 is 0 Å². The number of furan rings is 2. The molecular formula is C20H20N6O3S. The number of anilines is 1. The van der Waals surface area contributed by atoms with E-state index in [0.29, 0.717) is 5.16 Å². The van der Waals surface area contributed by atoms with Crippen LogP contribution in [0, 0.1) is 5.92 Å². The molecule has 2 aliphatic rings. The second-order valence-corrected chi connectivity index (χ2v) is 8.10. The second-order valence-electron chi connectivity index (χ2n) is 7.16. The molecule has 2 atom stereocenters. The first kappa shape index (κ1) is 18.7. The summed E-state index contributed by atoms with van der Waals surface area (Å²) in [5.41, 5.74) is 7.59. The number of aromatic amines is 1. The molecule has 1 saturated carbocycles. The number of thioether (sulfide) groups is 1. The van der Waals surface area contributed by atoms with Crippen LogP contribution in [0.25, 0.3) is 6.08 Å². The van der Waals surface area contributed by atoms with Gasteiger partial charge in [0.05, 0.1) is 24.0 Å². The van der Waals surface area contributed by atoms with Gasteiger partial charge in [0.15, 0.2) is 0 Å². The Hall–Kier alpha value is -3.27. The molecule has 5 rings (SSSR count). The van der Waals surface area contributed by atoms with Crippen molar-refractivity contribution in [1.82, 2.24) is 20.2 Å². The van der Waals surface area contributed by atoms with Crippen molar-refractivity contribution in [3.05, 3.63) is 53.9 Å². The van der Waals surface area contributed by atoms with Crippen molar-refractivity contribution in [2.24, 2.45) is 11.0 Å². The number of allylic oxidation sites excluding steroid dienone is 1. The average Bonchev–Trinajstić information content (AvgIpc) is 3.52. The summed E-state index contributed by atoms with van der Waals surface area (Å²) in [5.74, 6) is 1.83. The molecule has 9 nitrogen and oxygen atoms in total. The van der Waals surface area contributed by atoms with E-state index in [2.05, 4.69) is 15.2 Å². The molecule has 0 aromatic carbocycles. The molecule has 0 bridgehead atoms. The van der Waals surface area contributed by atoms with Gasteiger partial charge in [-0.05, 0) is 55.2 Å². The summed E-state index contributed by atoms with van der Waals surface area (Å²) in [7, 11) is 0. The van der Waals surface area contributed by atoms with E-state index in [-0.39, 0.29) is 29.6 Å². The summed E-state index contributed by atoms with van der Waals surface area (Å²) in [6.07, 6.45) is 8.15. The summed E-state index contributed by atoms with van der Waals surface area (Å²) in [6, 6.07) is 7.25. The number of hydrogen-bond donors (Lipinski definition) is 2. The molecule has 10 heteroatoms. The minimum absolute atomic E-state index is 0.0826. The highest BCUT2D eigenvalue weighted by atomic mass is 32.2. The van der Waals surface area contributed by atoms with Crippen LogP contribution >= 0.6 is 11.8 Å². The molecule has 0 spiro atoms. The zero-order chi connectivity index (χ0) is 20.5. The van der Waals surface area contributed by atoms with Gasteiger partial charge in [-0.3, -0.25) is 4.79 Å². The molecule has 1 aliphatic heterocycles. The molecule has 0 radical (unpaired) electrons. The van der Waals surface area contributed by atoms with Crippen molar-refractivity contribution >= 4 is 35.4 Å². The third-order valence-corrected chi connectivity index (χ3v) is 6.09. The highest BCUT2D eigenvalue weighted by molar-refractivity contribution is 7.99. The largest absolute Gasteiger partial charge is 0.467 e. The fourth-order valence-corrected chi connectivity index (χ4v) is 4.66. The van der Waals surface area contributed by atoms with Gasteiger partial charge >= 0.3 is 0 Å². The first-order chi connectivity index (χ1) is 14.7.